The first-order valence-corrected chi connectivity index (χ1v) is 8.09. The molecule has 1 aromatic rings. The number of aryl methyl sites for hydroxylation is 2. The van der Waals surface area contributed by atoms with Gasteiger partial charge in [0.15, 0.2) is 0 Å². The molecule has 0 spiro atoms. The summed E-state index contributed by atoms with van der Waals surface area (Å²) in [4.78, 5) is 21.9. The minimum atomic E-state index is -0.00831. The molecule has 0 bridgehead atoms. The van der Waals surface area contributed by atoms with Crippen LogP contribution in [0.1, 0.15) is 49.3 Å². The molecule has 2 aliphatic rings. The third-order valence-corrected chi connectivity index (χ3v) is 4.79. The minimum absolute atomic E-state index is 0.00831. The molecule has 116 valence electrons. The highest BCUT2D eigenvalue weighted by Crippen LogP contribution is 2.31. The van der Waals surface area contributed by atoms with E-state index in [1.54, 1.807) is 0 Å². The molecule has 1 saturated heterocycles. The fraction of sp³-hybridized carbons (Fsp3) is 0.750. The van der Waals surface area contributed by atoms with Crippen molar-refractivity contribution < 1.29 is 0 Å². The van der Waals surface area contributed by atoms with Gasteiger partial charge in [0, 0.05) is 24.3 Å². The van der Waals surface area contributed by atoms with Gasteiger partial charge in [0.25, 0.3) is 5.56 Å². The number of rotatable bonds is 5. The molecule has 2 N–H and O–H groups in total. The maximum absolute atomic E-state index is 12.1. The average molecular weight is 290 g/mol. The Morgan fingerprint density at radius 1 is 1.38 bits per heavy atom. The quantitative estimate of drug-likeness (QED) is 0.863. The second-order valence-corrected chi connectivity index (χ2v) is 6.66. The summed E-state index contributed by atoms with van der Waals surface area (Å²) in [5, 5.41) is 3.54. The summed E-state index contributed by atoms with van der Waals surface area (Å²) in [5.41, 5.74) is 1.60. The second kappa shape index (κ2) is 5.89. The molecule has 3 rings (SSSR count). The van der Waals surface area contributed by atoms with E-state index < -0.39 is 0 Å². The number of hydrogen-bond donors (Lipinski definition) is 2. The van der Waals surface area contributed by atoms with Crippen LogP contribution >= 0.6 is 0 Å². The summed E-state index contributed by atoms with van der Waals surface area (Å²) in [7, 11) is 0. The van der Waals surface area contributed by atoms with Crippen molar-refractivity contribution in [3.63, 3.8) is 0 Å². The van der Waals surface area contributed by atoms with Crippen LogP contribution in [-0.2, 0) is 0 Å². The largest absolute Gasteiger partial charge is 0.310 e. The van der Waals surface area contributed by atoms with E-state index in [-0.39, 0.29) is 11.6 Å². The Hall–Kier alpha value is -1.20. The summed E-state index contributed by atoms with van der Waals surface area (Å²) in [6, 6.07) is 0.927. The van der Waals surface area contributed by atoms with Crippen molar-refractivity contribution in [2.75, 3.05) is 19.6 Å². The van der Waals surface area contributed by atoms with Crippen LogP contribution in [0.2, 0.25) is 0 Å². The zero-order valence-corrected chi connectivity index (χ0v) is 13.3. The molecular formula is C16H26N4O. The van der Waals surface area contributed by atoms with Crippen LogP contribution in [0.4, 0.5) is 0 Å². The molecule has 1 aliphatic carbocycles. The zero-order chi connectivity index (χ0) is 15.0. The van der Waals surface area contributed by atoms with Gasteiger partial charge >= 0.3 is 0 Å². The van der Waals surface area contributed by atoms with E-state index in [1.807, 2.05) is 13.8 Å². The van der Waals surface area contributed by atoms with E-state index in [2.05, 4.69) is 27.1 Å². The fourth-order valence-electron chi connectivity index (χ4n) is 3.49. The minimum Gasteiger partial charge on any atom is -0.310 e. The number of aromatic nitrogens is 2. The molecule has 2 atom stereocenters. The first kappa shape index (κ1) is 14.7. The van der Waals surface area contributed by atoms with Crippen LogP contribution in [0.15, 0.2) is 4.79 Å². The molecule has 1 saturated carbocycles. The zero-order valence-electron chi connectivity index (χ0n) is 13.3. The summed E-state index contributed by atoms with van der Waals surface area (Å²) in [5.74, 6) is 1.40. The van der Waals surface area contributed by atoms with E-state index in [0.29, 0.717) is 11.7 Å². The molecular weight excluding hydrogens is 264 g/mol. The van der Waals surface area contributed by atoms with Crippen molar-refractivity contribution in [3.05, 3.63) is 27.4 Å². The molecule has 0 amide bonds. The SMILES string of the molecule is Cc1nc(C)c(C(C)NCC2CCN(C3CC3)C2)c(=O)[nH]1. The Bertz CT molecular complexity index is 564. The normalized spacial score (nSPS) is 24.4. The van der Waals surface area contributed by atoms with E-state index in [9.17, 15) is 4.79 Å². The second-order valence-electron chi connectivity index (χ2n) is 6.66. The number of hydrogen-bond acceptors (Lipinski definition) is 4. The molecule has 2 heterocycles. The molecule has 2 fully saturated rings. The Balaban J connectivity index is 1.57. The van der Waals surface area contributed by atoms with Gasteiger partial charge in [-0.1, -0.05) is 0 Å². The predicted molar refractivity (Wildman–Crippen MR) is 83.5 cm³/mol. The monoisotopic (exact) mass is 290 g/mol. The van der Waals surface area contributed by atoms with Crippen molar-refractivity contribution in [3.8, 4) is 0 Å². The Morgan fingerprint density at radius 2 is 2.14 bits per heavy atom. The number of H-pyrrole nitrogens is 1. The third kappa shape index (κ3) is 3.35. The smallest absolute Gasteiger partial charge is 0.255 e. The van der Waals surface area contributed by atoms with E-state index in [1.165, 1.54) is 32.4 Å². The molecule has 2 unspecified atom stereocenters. The van der Waals surface area contributed by atoms with Gasteiger partial charge in [0.05, 0.1) is 5.56 Å². The van der Waals surface area contributed by atoms with Crippen molar-refractivity contribution in [2.45, 2.75) is 52.1 Å². The van der Waals surface area contributed by atoms with Gasteiger partial charge < -0.3 is 15.2 Å². The number of likely N-dealkylation sites (tertiary alicyclic amines) is 1. The van der Waals surface area contributed by atoms with Gasteiger partial charge in [-0.2, -0.15) is 0 Å². The highest BCUT2D eigenvalue weighted by atomic mass is 16.1. The summed E-state index contributed by atoms with van der Waals surface area (Å²) in [6.45, 7) is 9.24. The van der Waals surface area contributed by atoms with Gasteiger partial charge in [-0.05, 0) is 59.0 Å². The van der Waals surface area contributed by atoms with Gasteiger partial charge in [0.2, 0.25) is 0 Å². The summed E-state index contributed by atoms with van der Waals surface area (Å²) < 4.78 is 0. The highest BCUT2D eigenvalue weighted by Gasteiger charge is 2.34. The maximum atomic E-state index is 12.1. The van der Waals surface area contributed by atoms with Crippen molar-refractivity contribution >= 4 is 0 Å². The summed E-state index contributed by atoms with van der Waals surface area (Å²) in [6.07, 6.45) is 4.05. The lowest BCUT2D eigenvalue weighted by molar-refractivity contribution is 0.310. The van der Waals surface area contributed by atoms with E-state index in [0.717, 1.165) is 23.8 Å². The first-order valence-electron chi connectivity index (χ1n) is 8.09. The lowest BCUT2D eigenvalue weighted by Crippen LogP contribution is -2.32. The van der Waals surface area contributed by atoms with Gasteiger partial charge in [-0.3, -0.25) is 4.79 Å². The third-order valence-electron chi connectivity index (χ3n) is 4.79. The lowest BCUT2D eigenvalue weighted by atomic mass is 10.1. The van der Waals surface area contributed by atoms with Crippen molar-refractivity contribution in [1.29, 1.82) is 0 Å². The number of nitrogens with zero attached hydrogens (tertiary/aromatic N) is 2. The van der Waals surface area contributed by atoms with Crippen molar-refractivity contribution in [1.82, 2.24) is 20.2 Å². The average Bonchev–Trinajstić information content (AvgIpc) is 3.14. The Morgan fingerprint density at radius 3 is 2.81 bits per heavy atom. The topological polar surface area (TPSA) is 61.0 Å². The van der Waals surface area contributed by atoms with Crippen LogP contribution in [0.5, 0.6) is 0 Å². The Kier molecular flexibility index (Phi) is 4.13. The molecule has 0 aromatic carbocycles. The maximum Gasteiger partial charge on any atom is 0.255 e. The van der Waals surface area contributed by atoms with E-state index >= 15 is 0 Å². The fourth-order valence-corrected chi connectivity index (χ4v) is 3.49. The molecule has 21 heavy (non-hydrogen) atoms. The molecule has 5 nitrogen and oxygen atoms in total. The van der Waals surface area contributed by atoms with E-state index in [4.69, 9.17) is 0 Å². The van der Waals surface area contributed by atoms with Gasteiger partial charge in [0.1, 0.15) is 5.82 Å². The lowest BCUT2D eigenvalue weighted by Gasteiger charge is -2.19. The van der Waals surface area contributed by atoms with Crippen molar-refractivity contribution in [2.24, 2.45) is 5.92 Å². The van der Waals surface area contributed by atoms with Crippen LogP contribution in [-0.4, -0.2) is 40.5 Å². The van der Waals surface area contributed by atoms with Gasteiger partial charge in [-0.25, -0.2) is 4.98 Å². The van der Waals surface area contributed by atoms with Crippen LogP contribution in [0, 0.1) is 19.8 Å². The standard InChI is InChI=1S/C16H26N4O/c1-10(15-11(2)18-12(3)19-16(15)21)17-8-13-6-7-20(9-13)14-4-5-14/h10,13-14,17H,4-9H2,1-3H3,(H,18,19,21). The highest BCUT2D eigenvalue weighted by molar-refractivity contribution is 5.20. The van der Waals surface area contributed by atoms with Crippen LogP contribution in [0.25, 0.3) is 0 Å². The van der Waals surface area contributed by atoms with Crippen LogP contribution in [0.3, 0.4) is 0 Å². The number of nitrogens with one attached hydrogen (secondary N) is 2. The molecule has 1 aromatic heterocycles. The van der Waals surface area contributed by atoms with Gasteiger partial charge in [-0.15, -0.1) is 0 Å². The Labute approximate surface area is 126 Å². The van der Waals surface area contributed by atoms with Crippen LogP contribution < -0.4 is 10.9 Å². The number of aromatic amines is 1. The first-order chi connectivity index (χ1) is 10.0. The predicted octanol–water partition coefficient (Wildman–Crippen LogP) is 1.52. The molecule has 1 aliphatic heterocycles. The molecule has 5 heteroatoms. The summed E-state index contributed by atoms with van der Waals surface area (Å²) >= 11 is 0. The molecule has 0 radical (unpaired) electrons.